The third kappa shape index (κ3) is 5.89. The molecule has 0 aliphatic heterocycles. The number of amides is 2. The number of hydrogen-bond acceptors (Lipinski definition) is 3. The van der Waals surface area contributed by atoms with E-state index in [1.165, 1.54) is 0 Å². The second-order valence-corrected chi connectivity index (χ2v) is 4.72. The zero-order chi connectivity index (χ0) is 14.3. The van der Waals surface area contributed by atoms with Crippen LogP contribution in [0.25, 0.3) is 0 Å². The molecule has 3 N–H and O–H groups in total. The van der Waals surface area contributed by atoms with E-state index in [2.05, 4.69) is 15.6 Å². The molecule has 1 aromatic heterocycles. The largest absolute Gasteiger partial charge is 0.480 e. The van der Waals surface area contributed by atoms with Gasteiger partial charge in [0.1, 0.15) is 6.04 Å². The van der Waals surface area contributed by atoms with Crippen LogP contribution in [0.15, 0.2) is 18.7 Å². The smallest absolute Gasteiger partial charge is 0.326 e. The van der Waals surface area contributed by atoms with Gasteiger partial charge in [0.15, 0.2) is 0 Å². The van der Waals surface area contributed by atoms with E-state index in [1.54, 1.807) is 18.7 Å². The zero-order valence-corrected chi connectivity index (χ0v) is 11.2. The van der Waals surface area contributed by atoms with Gasteiger partial charge in [-0.1, -0.05) is 13.8 Å². The molecule has 0 aromatic carbocycles. The molecule has 1 rings (SSSR count). The number of carbonyl (C=O) groups excluding carboxylic acids is 1. The molecule has 1 aromatic rings. The van der Waals surface area contributed by atoms with Gasteiger partial charge in [0, 0.05) is 25.5 Å². The van der Waals surface area contributed by atoms with Crippen LogP contribution in [0.2, 0.25) is 0 Å². The summed E-state index contributed by atoms with van der Waals surface area (Å²) in [6, 6.07) is -1.32. The SMILES string of the molecule is CC(C)CC(NC(=O)NCCn1ccnc1)C(=O)O. The lowest BCUT2D eigenvalue weighted by Gasteiger charge is -2.16. The van der Waals surface area contributed by atoms with Gasteiger partial charge >= 0.3 is 12.0 Å². The number of aliphatic carboxylic acids is 1. The van der Waals surface area contributed by atoms with Gasteiger partial charge in [-0.05, 0) is 12.3 Å². The predicted molar refractivity (Wildman–Crippen MR) is 69.6 cm³/mol. The summed E-state index contributed by atoms with van der Waals surface area (Å²) < 4.78 is 1.82. The fourth-order valence-corrected chi connectivity index (χ4v) is 1.62. The number of aromatic nitrogens is 2. The van der Waals surface area contributed by atoms with Crippen molar-refractivity contribution in [3.63, 3.8) is 0 Å². The average Bonchev–Trinajstić information content (AvgIpc) is 2.80. The van der Waals surface area contributed by atoms with Crippen molar-refractivity contribution in [2.75, 3.05) is 6.54 Å². The number of hydrogen-bond donors (Lipinski definition) is 3. The predicted octanol–water partition coefficient (Wildman–Crippen LogP) is 0.682. The van der Waals surface area contributed by atoms with Crippen LogP contribution in [-0.4, -0.2) is 39.2 Å². The highest BCUT2D eigenvalue weighted by molar-refractivity contribution is 5.82. The van der Waals surface area contributed by atoms with Gasteiger partial charge in [0.2, 0.25) is 0 Å². The van der Waals surface area contributed by atoms with Gasteiger partial charge in [0.25, 0.3) is 0 Å². The Morgan fingerprint density at radius 1 is 1.42 bits per heavy atom. The Morgan fingerprint density at radius 3 is 2.68 bits per heavy atom. The summed E-state index contributed by atoms with van der Waals surface area (Å²) in [6.45, 7) is 4.83. The van der Waals surface area contributed by atoms with Crippen LogP contribution in [0, 0.1) is 5.92 Å². The standard InChI is InChI=1S/C12H20N4O3/c1-9(2)7-10(11(17)18)15-12(19)14-4-6-16-5-3-13-8-16/h3,5,8-10H,4,6-7H2,1-2H3,(H,17,18)(H2,14,15,19). The van der Waals surface area contributed by atoms with Gasteiger partial charge in [-0.15, -0.1) is 0 Å². The van der Waals surface area contributed by atoms with Crippen LogP contribution < -0.4 is 10.6 Å². The van der Waals surface area contributed by atoms with E-state index >= 15 is 0 Å². The highest BCUT2D eigenvalue weighted by Gasteiger charge is 2.20. The molecule has 0 aliphatic carbocycles. The molecule has 19 heavy (non-hydrogen) atoms. The number of nitrogens with zero attached hydrogens (tertiary/aromatic N) is 2. The van der Waals surface area contributed by atoms with E-state index in [-0.39, 0.29) is 5.92 Å². The minimum atomic E-state index is -1.02. The Labute approximate surface area is 112 Å². The normalized spacial score (nSPS) is 12.2. The maximum Gasteiger partial charge on any atom is 0.326 e. The van der Waals surface area contributed by atoms with Crippen molar-refractivity contribution in [1.82, 2.24) is 20.2 Å². The molecule has 7 heteroatoms. The number of imidazole rings is 1. The van der Waals surface area contributed by atoms with Crippen molar-refractivity contribution in [1.29, 1.82) is 0 Å². The molecule has 7 nitrogen and oxygen atoms in total. The minimum Gasteiger partial charge on any atom is -0.480 e. The van der Waals surface area contributed by atoms with E-state index in [4.69, 9.17) is 5.11 Å². The quantitative estimate of drug-likeness (QED) is 0.677. The number of rotatable bonds is 7. The summed E-state index contributed by atoms with van der Waals surface area (Å²) in [5.74, 6) is -0.814. The van der Waals surface area contributed by atoms with Gasteiger partial charge in [-0.2, -0.15) is 0 Å². The fourth-order valence-electron chi connectivity index (χ4n) is 1.62. The van der Waals surface area contributed by atoms with Crippen LogP contribution in [0.5, 0.6) is 0 Å². The lowest BCUT2D eigenvalue weighted by Crippen LogP contribution is -2.47. The van der Waals surface area contributed by atoms with E-state index < -0.39 is 18.0 Å². The summed E-state index contributed by atoms with van der Waals surface area (Å²) in [5.41, 5.74) is 0. The fraction of sp³-hybridized carbons (Fsp3) is 0.583. The van der Waals surface area contributed by atoms with Gasteiger partial charge in [-0.3, -0.25) is 0 Å². The Morgan fingerprint density at radius 2 is 2.16 bits per heavy atom. The molecule has 0 radical (unpaired) electrons. The second-order valence-electron chi connectivity index (χ2n) is 4.72. The Hall–Kier alpha value is -2.05. The first-order chi connectivity index (χ1) is 8.99. The summed E-state index contributed by atoms with van der Waals surface area (Å²) in [4.78, 5) is 26.4. The molecular formula is C12H20N4O3. The first kappa shape index (κ1) is 15.0. The van der Waals surface area contributed by atoms with Crippen LogP contribution in [0.3, 0.4) is 0 Å². The summed E-state index contributed by atoms with van der Waals surface area (Å²) >= 11 is 0. The maximum atomic E-state index is 11.6. The molecular weight excluding hydrogens is 248 g/mol. The first-order valence-corrected chi connectivity index (χ1v) is 6.22. The molecule has 1 atom stereocenters. The van der Waals surface area contributed by atoms with Crippen LogP contribution >= 0.6 is 0 Å². The maximum absolute atomic E-state index is 11.6. The van der Waals surface area contributed by atoms with Crippen LogP contribution in [0.4, 0.5) is 4.79 Å². The van der Waals surface area contributed by atoms with Gasteiger partial charge in [-0.25, -0.2) is 14.6 Å². The van der Waals surface area contributed by atoms with Crippen molar-refractivity contribution >= 4 is 12.0 Å². The number of nitrogens with one attached hydrogen (secondary N) is 2. The highest BCUT2D eigenvalue weighted by atomic mass is 16.4. The molecule has 0 fully saturated rings. The molecule has 0 spiro atoms. The molecule has 0 bridgehead atoms. The summed E-state index contributed by atoms with van der Waals surface area (Å²) in [7, 11) is 0. The van der Waals surface area contributed by atoms with Crippen LogP contribution in [-0.2, 0) is 11.3 Å². The Bertz CT molecular complexity index is 403. The van der Waals surface area contributed by atoms with Crippen molar-refractivity contribution in [2.45, 2.75) is 32.9 Å². The van der Waals surface area contributed by atoms with E-state index in [0.717, 1.165) is 0 Å². The van der Waals surface area contributed by atoms with Crippen molar-refractivity contribution in [3.8, 4) is 0 Å². The Kier molecular flexibility index (Phi) is 5.84. The third-order valence-electron chi connectivity index (χ3n) is 2.53. The van der Waals surface area contributed by atoms with Gasteiger partial charge < -0.3 is 20.3 Å². The molecule has 1 unspecified atom stereocenters. The molecule has 1 heterocycles. The lowest BCUT2D eigenvalue weighted by molar-refractivity contribution is -0.139. The summed E-state index contributed by atoms with van der Waals surface area (Å²) in [6.07, 6.45) is 5.50. The number of carboxylic acids is 1. The summed E-state index contributed by atoms with van der Waals surface area (Å²) in [5, 5.41) is 14.1. The van der Waals surface area contributed by atoms with E-state index in [0.29, 0.717) is 19.5 Å². The first-order valence-electron chi connectivity index (χ1n) is 6.22. The third-order valence-corrected chi connectivity index (χ3v) is 2.53. The number of carboxylic acid groups (broad SMARTS) is 1. The van der Waals surface area contributed by atoms with Crippen LogP contribution in [0.1, 0.15) is 20.3 Å². The van der Waals surface area contributed by atoms with E-state index in [1.807, 2.05) is 18.4 Å². The molecule has 0 aliphatic rings. The Balaban J connectivity index is 2.30. The molecule has 0 saturated heterocycles. The van der Waals surface area contributed by atoms with Crippen molar-refractivity contribution < 1.29 is 14.7 Å². The van der Waals surface area contributed by atoms with Crippen molar-refractivity contribution in [2.24, 2.45) is 5.92 Å². The zero-order valence-electron chi connectivity index (χ0n) is 11.2. The second kappa shape index (κ2) is 7.40. The molecule has 0 saturated carbocycles. The van der Waals surface area contributed by atoms with Gasteiger partial charge in [0.05, 0.1) is 6.33 Å². The number of carbonyl (C=O) groups is 2. The highest BCUT2D eigenvalue weighted by Crippen LogP contribution is 2.04. The van der Waals surface area contributed by atoms with E-state index in [9.17, 15) is 9.59 Å². The van der Waals surface area contributed by atoms with Crippen molar-refractivity contribution in [3.05, 3.63) is 18.7 Å². The average molecular weight is 268 g/mol. The monoisotopic (exact) mass is 268 g/mol. The minimum absolute atomic E-state index is 0.201. The number of urea groups is 1. The topological polar surface area (TPSA) is 96.3 Å². The molecule has 2 amide bonds. The molecule has 106 valence electrons. The lowest BCUT2D eigenvalue weighted by atomic mass is 10.0.